The Morgan fingerprint density at radius 1 is 1.42 bits per heavy atom. The zero-order valence-electron chi connectivity index (χ0n) is 12.0. The fraction of sp³-hybridized carbons (Fsp3) is 0.500. The van der Waals surface area contributed by atoms with Crippen LogP contribution < -0.4 is 11.1 Å². The van der Waals surface area contributed by atoms with Crippen LogP contribution in [0.2, 0.25) is 0 Å². The highest BCUT2D eigenvalue weighted by molar-refractivity contribution is 5.97. The summed E-state index contributed by atoms with van der Waals surface area (Å²) in [7, 11) is 4.02. The Kier molecular flexibility index (Phi) is 5.18. The number of carbonyl (C=O) groups is 1. The average Bonchev–Trinajstić information content (AvgIpc) is 2.29. The number of nitrogen functional groups attached to an aromatic ring is 1. The van der Waals surface area contributed by atoms with E-state index in [0.29, 0.717) is 17.3 Å². The molecule has 0 aliphatic rings. The molecule has 0 saturated heterocycles. The lowest BCUT2D eigenvalue weighted by Gasteiger charge is -2.27. The van der Waals surface area contributed by atoms with Crippen LogP contribution in [-0.2, 0) is 0 Å². The molecule has 0 fully saturated rings. The van der Waals surface area contributed by atoms with Crippen LogP contribution in [0.5, 0.6) is 0 Å². The fourth-order valence-corrected chi connectivity index (χ4v) is 1.89. The number of rotatable bonds is 6. The van der Waals surface area contributed by atoms with Crippen molar-refractivity contribution in [3.8, 4) is 0 Å². The van der Waals surface area contributed by atoms with Gasteiger partial charge in [-0.15, -0.1) is 0 Å². The van der Waals surface area contributed by atoms with Crippen molar-refractivity contribution >= 4 is 17.3 Å². The molecule has 19 heavy (non-hydrogen) atoms. The molecule has 1 unspecified atom stereocenters. The van der Waals surface area contributed by atoms with E-state index in [1.54, 1.807) is 6.07 Å². The molecule has 5 nitrogen and oxygen atoms in total. The molecule has 106 valence electrons. The van der Waals surface area contributed by atoms with Crippen molar-refractivity contribution < 1.29 is 9.90 Å². The second-order valence-electron chi connectivity index (χ2n) is 5.33. The van der Waals surface area contributed by atoms with Crippen LogP contribution in [0.15, 0.2) is 18.2 Å². The van der Waals surface area contributed by atoms with Crippen molar-refractivity contribution in [2.45, 2.75) is 19.9 Å². The summed E-state index contributed by atoms with van der Waals surface area (Å²) >= 11 is 0. The van der Waals surface area contributed by atoms with Gasteiger partial charge in [-0.1, -0.05) is 19.9 Å². The first-order chi connectivity index (χ1) is 8.82. The molecule has 1 rings (SSSR count). The lowest BCUT2D eigenvalue weighted by atomic mass is 10.0. The number of benzene rings is 1. The zero-order valence-corrected chi connectivity index (χ0v) is 12.0. The van der Waals surface area contributed by atoms with Crippen molar-refractivity contribution in [3.05, 3.63) is 23.8 Å². The van der Waals surface area contributed by atoms with Crippen LogP contribution in [0.1, 0.15) is 24.2 Å². The molecule has 1 atom stereocenters. The Balaban J connectivity index is 2.97. The molecule has 4 N–H and O–H groups in total. The van der Waals surface area contributed by atoms with Crippen LogP contribution in [0.4, 0.5) is 11.4 Å². The van der Waals surface area contributed by atoms with Gasteiger partial charge in [-0.2, -0.15) is 0 Å². The number of carboxylic acids is 1. The van der Waals surface area contributed by atoms with Gasteiger partial charge < -0.3 is 21.1 Å². The normalized spacial score (nSPS) is 12.7. The third kappa shape index (κ3) is 4.13. The highest BCUT2D eigenvalue weighted by Gasteiger charge is 2.17. The molecule has 1 aromatic carbocycles. The average molecular weight is 265 g/mol. The summed E-state index contributed by atoms with van der Waals surface area (Å²) in [6, 6.07) is 5.24. The molecule has 0 aliphatic carbocycles. The third-order valence-corrected chi connectivity index (χ3v) is 3.04. The van der Waals surface area contributed by atoms with Crippen molar-refractivity contribution in [2.75, 3.05) is 31.7 Å². The molecule has 0 bridgehead atoms. The number of nitrogens with one attached hydrogen (secondary N) is 1. The number of likely N-dealkylation sites (N-methyl/N-ethyl adjacent to an activating group) is 1. The number of hydrogen-bond donors (Lipinski definition) is 3. The second-order valence-corrected chi connectivity index (χ2v) is 5.33. The predicted octanol–water partition coefficient (Wildman–Crippen LogP) is 1.97. The maximum atomic E-state index is 11.1. The molecule has 0 amide bonds. The van der Waals surface area contributed by atoms with E-state index in [-0.39, 0.29) is 11.6 Å². The molecule has 0 saturated carbocycles. The summed E-state index contributed by atoms with van der Waals surface area (Å²) in [5.74, 6) is -0.592. The van der Waals surface area contributed by atoms with Gasteiger partial charge in [0.2, 0.25) is 0 Å². The van der Waals surface area contributed by atoms with Crippen molar-refractivity contribution in [1.29, 1.82) is 0 Å². The van der Waals surface area contributed by atoms with E-state index in [1.165, 1.54) is 6.07 Å². The van der Waals surface area contributed by atoms with E-state index >= 15 is 0 Å². The standard InChI is InChI=1S/C14H23N3O2/c1-9(2)12(8-17(3)4)16-11-7-5-6-10(13(11)15)14(18)19/h5-7,9,12,16H,8,15H2,1-4H3,(H,18,19). The largest absolute Gasteiger partial charge is 0.478 e. The molecule has 0 aromatic heterocycles. The van der Waals surface area contributed by atoms with Crippen LogP contribution >= 0.6 is 0 Å². The Bertz CT molecular complexity index is 444. The number of nitrogens with two attached hydrogens (primary N) is 1. The fourth-order valence-electron chi connectivity index (χ4n) is 1.89. The van der Waals surface area contributed by atoms with E-state index in [4.69, 9.17) is 10.8 Å². The van der Waals surface area contributed by atoms with Crippen LogP contribution in [0, 0.1) is 5.92 Å². The first-order valence-corrected chi connectivity index (χ1v) is 6.36. The highest BCUT2D eigenvalue weighted by Crippen LogP contribution is 2.24. The van der Waals surface area contributed by atoms with Crippen molar-refractivity contribution in [3.63, 3.8) is 0 Å². The van der Waals surface area contributed by atoms with Gasteiger partial charge in [0.1, 0.15) is 0 Å². The smallest absolute Gasteiger partial charge is 0.337 e. The van der Waals surface area contributed by atoms with E-state index in [0.717, 1.165) is 6.54 Å². The lowest BCUT2D eigenvalue weighted by molar-refractivity contribution is 0.0698. The van der Waals surface area contributed by atoms with Gasteiger partial charge in [0.25, 0.3) is 0 Å². The number of carboxylic acid groups (broad SMARTS) is 1. The van der Waals surface area contributed by atoms with Crippen LogP contribution in [0.3, 0.4) is 0 Å². The lowest BCUT2D eigenvalue weighted by Crippen LogP contribution is -2.36. The number of aromatic carboxylic acids is 1. The van der Waals surface area contributed by atoms with E-state index in [2.05, 4.69) is 24.1 Å². The maximum Gasteiger partial charge on any atom is 0.337 e. The summed E-state index contributed by atoms with van der Waals surface area (Å²) in [6.45, 7) is 5.10. The molecule has 0 spiro atoms. The van der Waals surface area contributed by atoms with Gasteiger partial charge in [-0.3, -0.25) is 0 Å². The molecular weight excluding hydrogens is 242 g/mol. The van der Waals surface area contributed by atoms with E-state index in [9.17, 15) is 4.79 Å². The molecule has 0 aliphatic heterocycles. The van der Waals surface area contributed by atoms with Crippen molar-refractivity contribution in [1.82, 2.24) is 4.90 Å². The van der Waals surface area contributed by atoms with Gasteiger partial charge in [-0.25, -0.2) is 4.79 Å². The third-order valence-electron chi connectivity index (χ3n) is 3.04. The quantitative estimate of drug-likeness (QED) is 0.685. The summed E-state index contributed by atoms with van der Waals surface area (Å²) < 4.78 is 0. The number of anilines is 2. The van der Waals surface area contributed by atoms with E-state index < -0.39 is 5.97 Å². The minimum atomic E-state index is -1.00. The predicted molar refractivity (Wildman–Crippen MR) is 78.6 cm³/mol. The molecule has 0 radical (unpaired) electrons. The minimum absolute atomic E-state index is 0.136. The Morgan fingerprint density at radius 3 is 2.53 bits per heavy atom. The van der Waals surface area contributed by atoms with Gasteiger partial charge >= 0.3 is 5.97 Å². The zero-order chi connectivity index (χ0) is 14.6. The van der Waals surface area contributed by atoms with Crippen LogP contribution in [0.25, 0.3) is 0 Å². The first-order valence-electron chi connectivity index (χ1n) is 6.36. The summed E-state index contributed by atoms with van der Waals surface area (Å²) in [6.07, 6.45) is 0. The molecular formula is C14H23N3O2. The van der Waals surface area contributed by atoms with Crippen molar-refractivity contribution in [2.24, 2.45) is 5.92 Å². The molecule has 0 heterocycles. The monoisotopic (exact) mass is 265 g/mol. The topological polar surface area (TPSA) is 78.6 Å². The van der Waals surface area contributed by atoms with Gasteiger partial charge in [0.05, 0.1) is 16.9 Å². The maximum absolute atomic E-state index is 11.1. The Labute approximate surface area is 114 Å². The summed E-state index contributed by atoms with van der Waals surface area (Å²) in [4.78, 5) is 13.1. The number of para-hydroxylation sites is 1. The minimum Gasteiger partial charge on any atom is -0.478 e. The Morgan fingerprint density at radius 2 is 2.05 bits per heavy atom. The first kappa shape index (κ1) is 15.3. The van der Waals surface area contributed by atoms with Gasteiger partial charge in [-0.05, 0) is 32.1 Å². The Hall–Kier alpha value is -1.75. The highest BCUT2D eigenvalue weighted by atomic mass is 16.4. The second kappa shape index (κ2) is 6.43. The number of nitrogens with zero attached hydrogens (tertiary/aromatic N) is 1. The molecule has 5 heteroatoms. The number of hydrogen-bond acceptors (Lipinski definition) is 4. The summed E-state index contributed by atoms with van der Waals surface area (Å²) in [5, 5.41) is 12.4. The molecule has 1 aromatic rings. The van der Waals surface area contributed by atoms with Crippen LogP contribution in [-0.4, -0.2) is 42.7 Å². The summed E-state index contributed by atoms with van der Waals surface area (Å²) in [5.41, 5.74) is 7.02. The van der Waals surface area contributed by atoms with E-state index in [1.807, 2.05) is 20.2 Å². The SMILES string of the molecule is CC(C)C(CN(C)C)Nc1cccc(C(=O)O)c1N. The van der Waals surface area contributed by atoms with Gasteiger partial charge in [0.15, 0.2) is 0 Å². The van der Waals surface area contributed by atoms with Gasteiger partial charge in [0, 0.05) is 12.6 Å².